The molecule has 0 bridgehead atoms. The fourth-order valence-corrected chi connectivity index (χ4v) is 1.94. The van der Waals surface area contributed by atoms with Gasteiger partial charge in [-0.3, -0.25) is 4.98 Å². The van der Waals surface area contributed by atoms with Crippen LogP contribution in [0.4, 0.5) is 0 Å². The van der Waals surface area contributed by atoms with Gasteiger partial charge < -0.3 is 9.31 Å². The molecule has 1 aromatic heterocycles. The Hall–Kier alpha value is -1.38. The molecule has 2 heterocycles. The van der Waals surface area contributed by atoms with Crippen molar-refractivity contribution in [3.05, 3.63) is 23.4 Å². The Labute approximate surface area is 114 Å². The third kappa shape index (κ3) is 2.51. The molecule has 0 aromatic carbocycles. The summed E-state index contributed by atoms with van der Waals surface area (Å²) < 4.78 is 11.9. The van der Waals surface area contributed by atoms with E-state index in [2.05, 4.69) is 11.1 Å². The number of nitrogens with zero attached hydrogens (tertiary/aromatic N) is 2. The number of pyridine rings is 1. The van der Waals surface area contributed by atoms with Gasteiger partial charge in [-0.25, -0.2) is 0 Å². The molecular formula is C14H19BN2O2. The second-order valence-corrected chi connectivity index (χ2v) is 5.83. The minimum Gasteiger partial charge on any atom is -0.398 e. The van der Waals surface area contributed by atoms with Gasteiger partial charge in [-0.15, -0.1) is 0 Å². The molecule has 19 heavy (non-hydrogen) atoms. The van der Waals surface area contributed by atoms with Crippen LogP contribution in [0.1, 0.15) is 45.9 Å². The molecule has 0 amide bonds. The highest BCUT2D eigenvalue weighted by atomic mass is 16.7. The Morgan fingerprint density at radius 1 is 1.21 bits per heavy atom. The van der Waals surface area contributed by atoms with Gasteiger partial charge in [0.05, 0.1) is 28.4 Å². The molecule has 100 valence electrons. The summed E-state index contributed by atoms with van der Waals surface area (Å²) in [5, 5.41) is 9.07. The monoisotopic (exact) mass is 258 g/mol. The number of rotatable bonds is 2. The van der Waals surface area contributed by atoms with Gasteiger partial charge in [0.1, 0.15) is 0 Å². The van der Waals surface area contributed by atoms with Crippen molar-refractivity contribution in [2.75, 3.05) is 0 Å². The molecule has 1 saturated heterocycles. The Morgan fingerprint density at radius 2 is 1.79 bits per heavy atom. The van der Waals surface area contributed by atoms with Crippen LogP contribution in [0.3, 0.4) is 0 Å². The van der Waals surface area contributed by atoms with Crippen LogP contribution in [0.2, 0.25) is 0 Å². The van der Waals surface area contributed by atoms with Crippen molar-refractivity contribution in [2.24, 2.45) is 0 Å². The van der Waals surface area contributed by atoms with Crippen molar-refractivity contribution >= 4 is 12.7 Å². The lowest BCUT2D eigenvalue weighted by atomic mass is 9.83. The summed E-state index contributed by atoms with van der Waals surface area (Å²) in [7, 11) is -0.511. The number of aromatic nitrogens is 1. The lowest BCUT2D eigenvalue weighted by Gasteiger charge is -2.32. The van der Waals surface area contributed by atoms with Gasteiger partial charge in [0.25, 0.3) is 0 Å². The molecule has 1 aliphatic rings. The van der Waals surface area contributed by atoms with Gasteiger partial charge >= 0.3 is 7.12 Å². The van der Waals surface area contributed by atoms with Gasteiger partial charge in [0.15, 0.2) is 0 Å². The molecule has 4 nitrogen and oxygen atoms in total. The van der Waals surface area contributed by atoms with E-state index in [0.29, 0.717) is 11.2 Å². The Kier molecular flexibility index (Phi) is 3.42. The summed E-state index contributed by atoms with van der Waals surface area (Å²) in [6.45, 7) is 10.0. The van der Waals surface area contributed by atoms with Crippen LogP contribution in [-0.4, -0.2) is 23.3 Å². The van der Waals surface area contributed by atoms with Crippen LogP contribution in [-0.2, 0) is 15.7 Å². The summed E-state index contributed by atoms with van der Waals surface area (Å²) in [5.41, 5.74) is 1.36. The molecular weight excluding hydrogens is 239 g/mol. The van der Waals surface area contributed by atoms with E-state index in [4.69, 9.17) is 14.6 Å². The standard InChI is InChI=1S/C14H19BN2O2/c1-6-11-7-10(9-16)8-12(17-11)15-18-13(2,3)14(4,5)19-15/h7-8H,6H2,1-5H3. The SMILES string of the molecule is CCc1cc(C#N)cc(B2OC(C)(C)C(C)(C)O2)n1. The highest BCUT2D eigenvalue weighted by molar-refractivity contribution is 6.61. The smallest absolute Gasteiger partial charge is 0.398 e. The van der Waals surface area contributed by atoms with Crippen molar-refractivity contribution in [2.45, 2.75) is 52.2 Å². The maximum Gasteiger partial charge on any atom is 0.514 e. The van der Waals surface area contributed by atoms with Gasteiger partial charge in [0.2, 0.25) is 0 Å². The molecule has 1 fully saturated rings. The minimum atomic E-state index is -0.511. The molecule has 5 heteroatoms. The Balaban J connectivity index is 2.37. The van der Waals surface area contributed by atoms with Crippen LogP contribution < -0.4 is 5.59 Å². The summed E-state index contributed by atoms with van der Waals surface area (Å²) in [6, 6.07) is 5.69. The quantitative estimate of drug-likeness (QED) is 0.759. The number of nitriles is 1. The highest BCUT2D eigenvalue weighted by Crippen LogP contribution is 2.36. The minimum absolute atomic E-state index is 0.394. The van der Waals surface area contributed by atoms with Crippen LogP contribution in [0.25, 0.3) is 0 Å². The van der Waals surface area contributed by atoms with E-state index >= 15 is 0 Å². The molecule has 1 aliphatic heterocycles. The third-order valence-corrected chi connectivity index (χ3v) is 3.88. The Morgan fingerprint density at radius 3 is 2.26 bits per heavy atom. The first-order valence-electron chi connectivity index (χ1n) is 6.55. The molecule has 0 N–H and O–H groups in total. The third-order valence-electron chi connectivity index (χ3n) is 3.88. The molecule has 0 spiro atoms. The fourth-order valence-electron chi connectivity index (χ4n) is 1.94. The largest absolute Gasteiger partial charge is 0.514 e. The predicted octanol–water partition coefficient (Wildman–Crippen LogP) is 1.81. The van der Waals surface area contributed by atoms with Crippen LogP contribution in [0.5, 0.6) is 0 Å². The molecule has 1 aromatic rings. The molecule has 0 atom stereocenters. The van der Waals surface area contributed by atoms with Crippen molar-refractivity contribution in [3.63, 3.8) is 0 Å². The normalized spacial score (nSPS) is 20.3. The first-order valence-corrected chi connectivity index (χ1v) is 6.55. The highest BCUT2D eigenvalue weighted by Gasteiger charge is 2.52. The first kappa shape index (κ1) is 14.0. The average Bonchev–Trinajstić information content (AvgIpc) is 2.58. The number of hydrogen-bond acceptors (Lipinski definition) is 4. The maximum absolute atomic E-state index is 9.07. The average molecular weight is 258 g/mol. The predicted molar refractivity (Wildman–Crippen MR) is 74.0 cm³/mol. The molecule has 0 unspecified atom stereocenters. The summed E-state index contributed by atoms with van der Waals surface area (Å²) in [5.74, 6) is 0. The molecule has 0 aliphatic carbocycles. The van der Waals surface area contributed by atoms with E-state index < -0.39 is 18.3 Å². The van der Waals surface area contributed by atoms with Crippen LogP contribution in [0, 0.1) is 11.3 Å². The lowest BCUT2D eigenvalue weighted by molar-refractivity contribution is 0.00578. The maximum atomic E-state index is 9.07. The zero-order chi connectivity index (χ0) is 14.3. The van der Waals surface area contributed by atoms with Gasteiger partial charge in [-0.05, 0) is 46.2 Å². The van der Waals surface area contributed by atoms with Crippen molar-refractivity contribution in [3.8, 4) is 6.07 Å². The number of hydrogen-bond donors (Lipinski definition) is 0. The molecule has 0 saturated carbocycles. The fraction of sp³-hybridized carbons (Fsp3) is 0.571. The van der Waals surface area contributed by atoms with Crippen molar-refractivity contribution in [1.29, 1.82) is 5.26 Å². The zero-order valence-corrected chi connectivity index (χ0v) is 12.2. The van der Waals surface area contributed by atoms with Gasteiger partial charge in [-0.2, -0.15) is 5.26 Å². The summed E-state index contributed by atoms with van der Waals surface area (Å²) >= 11 is 0. The first-order chi connectivity index (χ1) is 8.79. The lowest BCUT2D eigenvalue weighted by Crippen LogP contribution is -2.41. The Bertz CT molecular complexity index is 519. The van der Waals surface area contributed by atoms with Gasteiger partial charge in [0, 0.05) is 5.69 Å². The van der Waals surface area contributed by atoms with Crippen molar-refractivity contribution in [1.82, 2.24) is 4.98 Å². The zero-order valence-electron chi connectivity index (χ0n) is 12.2. The van der Waals surface area contributed by atoms with Crippen LogP contribution >= 0.6 is 0 Å². The van der Waals surface area contributed by atoms with Crippen LogP contribution in [0.15, 0.2) is 12.1 Å². The molecule has 0 radical (unpaired) electrons. The van der Waals surface area contributed by atoms with E-state index in [1.807, 2.05) is 34.6 Å². The number of aryl methyl sites for hydroxylation is 1. The topological polar surface area (TPSA) is 55.1 Å². The van der Waals surface area contributed by atoms with E-state index in [-0.39, 0.29) is 0 Å². The van der Waals surface area contributed by atoms with Gasteiger partial charge in [-0.1, -0.05) is 6.92 Å². The molecule has 2 rings (SSSR count). The summed E-state index contributed by atoms with van der Waals surface area (Å²) in [6.07, 6.45) is 0.780. The second-order valence-electron chi connectivity index (χ2n) is 5.83. The summed E-state index contributed by atoms with van der Waals surface area (Å²) in [4.78, 5) is 4.51. The van der Waals surface area contributed by atoms with E-state index in [1.165, 1.54) is 0 Å². The second kappa shape index (κ2) is 4.62. The van der Waals surface area contributed by atoms with E-state index in [9.17, 15) is 0 Å². The van der Waals surface area contributed by atoms with E-state index in [1.54, 1.807) is 12.1 Å². The van der Waals surface area contributed by atoms with Crippen molar-refractivity contribution < 1.29 is 9.31 Å². The van der Waals surface area contributed by atoms with E-state index in [0.717, 1.165) is 12.1 Å².